The summed E-state index contributed by atoms with van der Waals surface area (Å²) in [7, 11) is 1.41. The third-order valence-corrected chi connectivity index (χ3v) is 6.40. The molecule has 2 unspecified atom stereocenters. The van der Waals surface area contributed by atoms with Gasteiger partial charge < -0.3 is 15.8 Å². The average molecular weight is 499 g/mol. The molecule has 0 aliphatic carbocycles. The molecule has 4 N–H and O–H groups in total. The molecule has 36 heavy (non-hydrogen) atoms. The third kappa shape index (κ3) is 5.71. The number of aliphatic imine (C=N–C) groups is 2. The maximum absolute atomic E-state index is 14.7. The summed E-state index contributed by atoms with van der Waals surface area (Å²) in [6.07, 6.45) is 1.53. The van der Waals surface area contributed by atoms with E-state index in [9.17, 15) is 14.5 Å². The van der Waals surface area contributed by atoms with Crippen LogP contribution in [0.15, 0.2) is 52.4 Å². The Morgan fingerprint density at radius 2 is 2.06 bits per heavy atom. The van der Waals surface area contributed by atoms with Gasteiger partial charge in [-0.05, 0) is 43.6 Å². The van der Waals surface area contributed by atoms with E-state index in [0.29, 0.717) is 30.8 Å². The molecule has 2 atom stereocenters. The molecule has 4 rings (SSSR count). The first-order chi connectivity index (χ1) is 17.4. The summed E-state index contributed by atoms with van der Waals surface area (Å²) in [6.45, 7) is 5.17. The van der Waals surface area contributed by atoms with Crippen LogP contribution in [0, 0.1) is 15.9 Å². The van der Waals surface area contributed by atoms with Gasteiger partial charge in [-0.25, -0.2) is 9.38 Å². The van der Waals surface area contributed by atoms with E-state index in [0.717, 1.165) is 31.5 Å². The second-order valence-corrected chi connectivity index (χ2v) is 8.60. The molecule has 1 fully saturated rings. The van der Waals surface area contributed by atoms with Crippen molar-refractivity contribution in [2.75, 3.05) is 31.6 Å². The quantitative estimate of drug-likeness (QED) is 0.355. The van der Waals surface area contributed by atoms with Crippen LogP contribution >= 0.6 is 0 Å². The fourth-order valence-electron chi connectivity index (χ4n) is 4.52. The molecule has 1 saturated heterocycles. The molecule has 0 spiro atoms. The van der Waals surface area contributed by atoms with Crippen LogP contribution in [-0.2, 0) is 6.54 Å². The van der Waals surface area contributed by atoms with Crippen LogP contribution < -0.4 is 26.0 Å². The normalized spacial score (nSPS) is 20.1. The van der Waals surface area contributed by atoms with Gasteiger partial charge in [-0.15, -0.1) is 0 Å². The van der Waals surface area contributed by atoms with E-state index in [2.05, 4.69) is 32.4 Å². The second kappa shape index (κ2) is 11.3. The zero-order valence-corrected chi connectivity index (χ0v) is 20.4. The Labute approximate surface area is 209 Å². The molecule has 0 radical (unpaired) electrons. The molecule has 2 heterocycles. The van der Waals surface area contributed by atoms with Crippen molar-refractivity contribution >= 4 is 23.3 Å². The highest BCUT2D eigenvalue weighted by molar-refractivity contribution is 6.05. The fourth-order valence-corrected chi connectivity index (χ4v) is 4.52. The molecule has 2 aliphatic rings. The number of nitrogens with two attached hydrogens (primary N) is 1. The van der Waals surface area contributed by atoms with E-state index in [1.807, 2.05) is 0 Å². The maximum Gasteiger partial charge on any atom is 0.269 e. The lowest BCUT2D eigenvalue weighted by molar-refractivity contribution is -0.384. The minimum absolute atomic E-state index is 0.0145. The van der Waals surface area contributed by atoms with Crippen molar-refractivity contribution in [1.82, 2.24) is 15.5 Å². The van der Waals surface area contributed by atoms with Crippen molar-refractivity contribution in [2.24, 2.45) is 15.7 Å². The number of nitrogens with one attached hydrogen (secondary N) is 2. The summed E-state index contributed by atoms with van der Waals surface area (Å²) in [5.41, 5.74) is 7.41. The molecule has 0 aromatic heterocycles. The minimum Gasteiger partial charge on any atom is -0.494 e. The number of nitrogens with zero attached hydrogens (tertiary/aromatic N) is 5. The van der Waals surface area contributed by atoms with Crippen molar-refractivity contribution < 1.29 is 14.1 Å². The first-order valence-corrected chi connectivity index (χ1v) is 11.9. The summed E-state index contributed by atoms with van der Waals surface area (Å²) in [5.74, 6) is 0.156. The highest BCUT2D eigenvalue weighted by Crippen LogP contribution is 2.26. The van der Waals surface area contributed by atoms with Gasteiger partial charge in [0.2, 0.25) is 11.9 Å². The van der Waals surface area contributed by atoms with Crippen molar-refractivity contribution in [2.45, 2.75) is 38.6 Å². The van der Waals surface area contributed by atoms with E-state index in [4.69, 9.17) is 10.5 Å². The van der Waals surface area contributed by atoms with Crippen molar-refractivity contribution in [1.29, 1.82) is 0 Å². The molecule has 2 aromatic carbocycles. The molecule has 0 amide bonds. The van der Waals surface area contributed by atoms with Gasteiger partial charge in [0.25, 0.3) is 5.69 Å². The van der Waals surface area contributed by atoms with E-state index >= 15 is 0 Å². The number of benzene rings is 2. The number of hydrogen-bond acceptors (Lipinski definition) is 10. The number of hydrogen-bond donors (Lipinski definition) is 3. The molecule has 192 valence electrons. The molecule has 11 nitrogen and oxygen atoms in total. The number of nitro groups is 1. The first kappa shape index (κ1) is 25.3. The summed E-state index contributed by atoms with van der Waals surface area (Å²) in [5, 5.41) is 17.7. The van der Waals surface area contributed by atoms with Gasteiger partial charge in [-0.2, -0.15) is 4.99 Å². The molecular weight excluding hydrogens is 467 g/mol. The van der Waals surface area contributed by atoms with Crippen LogP contribution in [0.3, 0.4) is 0 Å². The summed E-state index contributed by atoms with van der Waals surface area (Å²) >= 11 is 0. The fraction of sp³-hybridized carbons (Fsp3) is 0.417. The number of non-ortho nitro benzene ring substituents is 1. The third-order valence-electron chi connectivity index (χ3n) is 6.40. The lowest BCUT2D eigenvalue weighted by Crippen LogP contribution is -2.57. The first-order valence-electron chi connectivity index (χ1n) is 11.9. The number of guanidine groups is 2. The topological polar surface area (TPSA) is 134 Å². The summed E-state index contributed by atoms with van der Waals surface area (Å²) in [6, 6.07) is 11.2. The summed E-state index contributed by atoms with van der Waals surface area (Å²) < 4.78 is 19.7. The zero-order valence-electron chi connectivity index (χ0n) is 20.4. The number of methoxy groups -OCH3 is 1. The lowest BCUT2D eigenvalue weighted by Gasteiger charge is -2.36. The molecular formula is C24H31FN8O3. The minimum atomic E-state index is -0.696. The maximum atomic E-state index is 14.7. The predicted octanol–water partition coefficient (Wildman–Crippen LogP) is 2.38. The Balaban J connectivity index is 1.57. The van der Waals surface area contributed by atoms with Crippen LogP contribution in [0.1, 0.15) is 25.3 Å². The standard InChI is InChI=1S/C24H31FN8O3/c1-3-31-12-4-5-19(31)15-28-24-30-22(26)29-23(27-14-16-6-8-17(9-7-16)33(34)35)32(24)18-10-11-21(36-2)20(25)13-18/h6-11,13,19,23,27H,3-5,12,14-15H2,1-2H3,(H3,26,28,29,30). The Kier molecular flexibility index (Phi) is 7.96. The molecule has 0 saturated carbocycles. The Hall–Kier alpha value is -3.77. The highest BCUT2D eigenvalue weighted by atomic mass is 19.1. The van der Waals surface area contributed by atoms with Gasteiger partial charge in [0.1, 0.15) is 0 Å². The van der Waals surface area contributed by atoms with Crippen LogP contribution in [0.25, 0.3) is 0 Å². The van der Waals surface area contributed by atoms with E-state index in [1.165, 1.54) is 25.3 Å². The smallest absolute Gasteiger partial charge is 0.269 e. The number of likely N-dealkylation sites (N-methyl/N-ethyl adjacent to an activating group) is 1. The van der Waals surface area contributed by atoms with Crippen molar-refractivity contribution in [3.8, 4) is 5.75 Å². The summed E-state index contributed by atoms with van der Waals surface area (Å²) in [4.78, 5) is 23.5. The molecule has 2 aromatic rings. The Bertz CT molecular complexity index is 1140. The zero-order chi connectivity index (χ0) is 25.7. The molecule has 12 heteroatoms. The SMILES string of the molecule is CCN1CCCC1CNC1=NC(N)=NC(NCc2ccc([N+](=O)[O-])cc2)N1c1ccc(OC)c(F)c1. The largest absolute Gasteiger partial charge is 0.494 e. The van der Waals surface area contributed by atoms with Gasteiger partial charge in [-0.1, -0.05) is 19.1 Å². The van der Waals surface area contributed by atoms with Gasteiger partial charge in [0.15, 0.2) is 17.9 Å². The number of anilines is 1. The lowest BCUT2D eigenvalue weighted by atomic mass is 10.2. The Morgan fingerprint density at radius 1 is 1.28 bits per heavy atom. The Morgan fingerprint density at radius 3 is 2.72 bits per heavy atom. The van der Waals surface area contributed by atoms with E-state index in [1.54, 1.807) is 29.2 Å². The van der Waals surface area contributed by atoms with Crippen molar-refractivity contribution in [3.05, 3.63) is 64.0 Å². The number of likely N-dealkylation sites (tertiary alicyclic amines) is 1. The van der Waals surface area contributed by atoms with Gasteiger partial charge in [0.05, 0.1) is 17.7 Å². The average Bonchev–Trinajstić information content (AvgIpc) is 3.34. The number of nitro benzene ring substituents is 1. The monoisotopic (exact) mass is 498 g/mol. The predicted molar refractivity (Wildman–Crippen MR) is 136 cm³/mol. The van der Waals surface area contributed by atoms with Crippen molar-refractivity contribution in [3.63, 3.8) is 0 Å². The number of rotatable bonds is 9. The van der Waals surface area contributed by atoms with Gasteiger partial charge in [0, 0.05) is 37.3 Å². The van der Waals surface area contributed by atoms with Crippen LogP contribution in [0.5, 0.6) is 5.75 Å². The second-order valence-electron chi connectivity index (χ2n) is 8.60. The van der Waals surface area contributed by atoms with Crippen LogP contribution in [0.2, 0.25) is 0 Å². The van der Waals surface area contributed by atoms with E-state index < -0.39 is 17.0 Å². The number of halogens is 1. The van der Waals surface area contributed by atoms with E-state index in [-0.39, 0.29) is 17.4 Å². The van der Waals surface area contributed by atoms with Gasteiger partial charge in [-0.3, -0.25) is 25.2 Å². The number of ether oxygens (including phenoxy) is 1. The molecule has 0 bridgehead atoms. The van der Waals surface area contributed by atoms with Crippen LogP contribution in [0.4, 0.5) is 15.8 Å². The van der Waals surface area contributed by atoms with Gasteiger partial charge >= 0.3 is 0 Å². The van der Waals surface area contributed by atoms with Crippen LogP contribution in [-0.4, -0.2) is 60.8 Å². The molecule has 2 aliphatic heterocycles. The highest BCUT2D eigenvalue weighted by Gasteiger charge is 2.30.